The Morgan fingerprint density at radius 2 is 1.94 bits per heavy atom. The Morgan fingerprint density at radius 1 is 1.28 bits per heavy atom. The number of anilines is 1. The molecule has 0 saturated carbocycles. The van der Waals surface area contributed by atoms with Gasteiger partial charge in [-0.05, 0) is 51.2 Å². The van der Waals surface area contributed by atoms with Crippen molar-refractivity contribution < 1.29 is 8.42 Å². The molecule has 0 spiro atoms. The lowest BCUT2D eigenvalue weighted by atomic mass is 10.1. The van der Waals surface area contributed by atoms with Crippen LogP contribution < -0.4 is 5.32 Å². The van der Waals surface area contributed by atoms with E-state index in [0.29, 0.717) is 10.9 Å². The predicted molar refractivity (Wildman–Crippen MR) is 73.7 cm³/mol. The molecule has 0 bridgehead atoms. The molecule has 1 aromatic rings. The summed E-state index contributed by atoms with van der Waals surface area (Å²) in [6, 6.07) is 7.50. The zero-order valence-corrected chi connectivity index (χ0v) is 11.7. The van der Waals surface area contributed by atoms with Crippen molar-refractivity contribution in [1.29, 1.82) is 0 Å². The molecule has 1 aliphatic heterocycles. The summed E-state index contributed by atoms with van der Waals surface area (Å²) in [6.07, 6.45) is 3.43. The Bertz CT molecular complexity index is 505. The number of sulfone groups is 1. The summed E-state index contributed by atoms with van der Waals surface area (Å²) >= 11 is 0. The number of hydrogen-bond donors (Lipinski definition) is 1. The van der Waals surface area contributed by atoms with E-state index >= 15 is 0 Å². The molecule has 18 heavy (non-hydrogen) atoms. The highest BCUT2D eigenvalue weighted by molar-refractivity contribution is 7.90. The quantitative estimate of drug-likeness (QED) is 0.904. The summed E-state index contributed by atoms with van der Waals surface area (Å²) in [5.74, 6) is 0. The molecule has 100 valence electrons. The van der Waals surface area contributed by atoms with Crippen LogP contribution in [0.1, 0.15) is 12.8 Å². The molecule has 1 N–H and O–H groups in total. The largest absolute Gasteiger partial charge is 0.382 e. The number of piperidine rings is 1. The second-order valence-electron chi connectivity index (χ2n) is 5.02. The highest BCUT2D eigenvalue weighted by Crippen LogP contribution is 2.19. The monoisotopic (exact) mass is 268 g/mol. The van der Waals surface area contributed by atoms with Gasteiger partial charge >= 0.3 is 0 Å². The molecule has 0 atom stereocenters. The minimum absolute atomic E-state index is 0.375. The van der Waals surface area contributed by atoms with Crippen molar-refractivity contribution in [1.82, 2.24) is 4.90 Å². The zero-order chi connectivity index (χ0) is 13.2. The minimum atomic E-state index is -3.12. The highest BCUT2D eigenvalue weighted by Gasteiger charge is 2.16. The van der Waals surface area contributed by atoms with Crippen LogP contribution in [0.5, 0.6) is 0 Å². The first-order valence-electron chi connectivity index (χ1n) is 6.20. The van der Waals surface area contributed by atoms with Crippen LogP contribution in [0.4, 0.5) is 5.69 Å². The normalized spacial score (nSPS) is 18.8. The Labute approximate surface area is 109 Å². The van der Waals surface area contributed by atoms with Crippen LogP contribution >= 0.6 is 0 Å². The van der Waals surface area contributed by atoms with Crippen molar-refractivity contribution in [2.24, 2.45) is 0 Å². The lowest BCUT2D eigenvalue weighted by Crippen LogP contribution is -2.36. The molecule has 0 unspecified atom stereocenters. The first-order valence-corrected chi connectivity index (χ1v) is 8.09. The first kappa shape index (κ1) is 13.4. The molecule has 5 heteroatoms. The van der Waals surface area contributed by atoms with Crippen molar-refractivity contribution >= 4 is 15.5 Å². The summed E-state index contributed by atoms with van der Waals surface area (Å²) in [4.78, 5) is 2.69. The Morgan fingerprint density at radius 3 is 2.56 bits per heavy atom. The van der Waals surface area contributed by atoms with E-state index in [1.165, 1.54) is 6.26 Å². The van der Waals surface area contributed by atoms with Gasteiger partial charge in [0.2, 0.25) is 0 Å². The maximum Gasteiger partial charge on any atom is 0.175 e. The molecule has 0 aliphatic carbocycles. The van der Waals surface area contributed by atoms with Gasteiger partial charge in [-0.3, -0.25) is 0 Å². The van der Waals surface area contributed by atoms with Crippen LogP contribution in [0, 0.1) is 0 Å². The summed E-state index contributed by atoms with van der Waals surface area (Å²) in [7, 11) is -0.998. The van der Waals surface area contributed by atoms with E-state index in [9.17, 15) is 8.42 Å². The molecule has 1 aliphatic rings. The van der Waals surface area contributed by atoms with E-state index in [1.54, 1.807) is 18.2 Å². The van der Waals surface area contributed by atoms with Gasteiger partial charge in [0.25, 0.3) is 0 Å². The van der Waals surface area contributed by atoms with E-state index in [2.05, 4.69) is 17.3 Å². The van der Waals surface area contributed by atoms with E-state index in [0.717, 1.165) is 31.6 Å². The van der Waals surface area contributed by atoms with Gasteiger partial charge in [0.05, 0.1) is 4.90 Å². The van der Waals surface area contributed by atoms with E-state index in [-0.39, 0.29) is 0 Å². The van der Waals surface area contributed by atoms with E-state index in [1.807, 2.05) is 6.07 Å². The van der Waals surface area contributed by atoms with Gasteiger partial charge in [-0.15, -0.1) is 0 Å². The molecular weight excluding hydrogens is 248 g/mol. The molecule has 1 aromatic carbocycles. The van der Waals surface area contributed by atoms with Gasteiger partial charge in [-0.1, -0.05) is 6.07 Å². The maximum absolute atomic E-state index is 11.5. The average Bonchev–Trinajstić information content (AvgIpc) is 2.31. The third kappa shape index (κ3) is 3.46. The van der Waals surface area contributed by atoms with Crippen LogP contribution in [-0.4, -0.2) is 45.8 Å². The minimum Gasteiger partial charge on any atom is -0.382 e. The summed E-state index contributed by atoms with van der Waals surface area (Å²) < 4.78 is 23.0. The lowest BCUT2D eigenvalue weighted by molar-refractivity contribution is 0.264. The van der Waals surface area contributed by atoms with E-state index < -0.39 is 9.84 Å². The molecule has 0 radical (unpaired) electrons. The molecule has 4 nitrogen and oxygen atoms in total. The molecule has 1 saturated heterocycles. The number of nitrogens with one attached hydrogen (secondary N) is 1. The van der Waals surface area contributed by atoms with Gasteiger partial charge in [0, 0.05) is 18.0 Å². The van der Waals surface area contributed by atoms with Crippen LogP contribution in [0.25, 0.3) is 0 Å². The highest BCUT2D eigenvalue weighted by atomic mass is 32.2. The zero-order valence-electron chi connectivity index (χ0n) is 10.9. The fourth-order valence-corrected chi connectivity index (χ4v) is 2.87. The van der Waals surface area contributed by atoms with Gasteiger partial charge in [-0.25, -0.2) is 8.42 Å². The summed E-state index contributed by atoms with van der Waals surface area (Å²) in [5, 5.41) is 3.42. The van der Waals surface area contributed by atoms with Gasteiger partial charge in [0.1, 0.15) is 0 Å². The number of benzene rings is 1. The van der Waals surface area contributed by atoms with Gasteiger partial charge in [0.15, 0.2) is 9.84 Å². The Hall–Kier alpha value is -1.07. The number of hydrogen-bond acceptors (Lipinski definition) is 4. The third-order valence-corrected chi connectivity index (χ3v) is 4.46. The number of likely N-dealkylation sites (tertiary alicyclic amines) is 1. The summed E-state index contributed by atoms with van der Waals surface area (Å²) in [5.41, 5.74) is 0.896. The van der Waals surface area contributed by atoms with Crippen molar-refractivity contribution in [3.63, 3.8) is 0 Å². The third-order valence-electron chi connectivity index (χ3n) is 3.35. The van der Waals surface area contributed by atoms with Crippen molar-refractivity contribution in [2.45, 2.75) is 23.8 Å². The Balaban J connectivity index is 2.06. The molecule has 1 fully saturated rings. The fraction of sp³-hybridized carbons (Fsp3) is 0.538. The van der Waals surface area contributed by atoms with Gasteiger partial charge < -0.3 is 10.2 Å². The van der Waals surface area contributed by atoms with Crippen molar-refractivity contribution in [3.8, 4) is 0 Å². The molecule has 0 aromatic heterocycles. The smallest absolute Gasteiger partial charge is 0.175 e. The second-order valence-corrected chi connectivity index (χ2v) is 7.04. The van der Waals surface area contributed by atoms with Crippen LogP contribution in [0.2, 0.25) is 0 Å². The number of rotatable bonds is 3. The number of nitrogens with zero attached hydrogens (tertiary/aromatic N) is 1. The fourth-order valence-electron chi connectivity index (χ4n) is 2.21. The SMILES string of the molecule is CN1CCC(Nc2cccc(S(C)(=O)=O)c2)CC1. The van der Waals surface area contributed by atoms with Crippen LogP contribution in [0.15, 0.2) is 29.2 Å². The molecule has 2 rings (SSSR count). The Kier molecular flexibility index (Phi) is 3.92. The lowest BCUT2D eigenvalue weighted by Gasteiger charge is -2.30. The molecule has 0 amide bonds. The second kappa shape index (κ2) is 5.28. The first-order chi connectivity index (χ1) is 8.45. The summed E-state index contributed by atoms with van der Waals surface area (Å²) in [6.45, 7) is 2.17. The van der Waals surface area contributed by atoms with E-state index in [4.69, 9.17) is 0 Å². The van der Waals surface area contributed by atoms with Crippen LogP contribution in [-0.2, 0) is 9.84 Å². The van der Waals surface area contributed by atoms with Crippen molar-refractivity contribution in [3.05, 3.63) is 24.3 Å². The van der Waals surface area contributed by atoms with Gasteiger partial charge in [-0.2, -0.15) is 0 Å². The van der Waals surface area contributed by atoms with Crippen molar-refractivity contribution in [2.75, 3.05) is 31.7 Å². The predicted octanol–water partition coefficient (Wildman–Crippen LogP) is 1.60. The maximum atomic E-state index is 11.5. The standard InChI is InChI=1S/C13H20N2O2S/c1-15-8-6-11(7-9-15)14-12-4-3-5-13(10-12)18(2,16)17/h3-5,10-11,14H,6-9H2,1-2H3. The molecule has 1 heterocycles. The van der Waals surface area contributed by atoms with Crippen LogP contribution in [0.3, 0.4) is 0 Å². The molecular formula is C13H20N2O2S. The topological polar surface area (TPSA) is 49.4 Å². The average molecular weight is 268 g/mol.